The number of rotatable bonds is 1. The number of nitrogens with two attached hydrogens (primary N) is 1. The summed E-state index contributed by atoms with van der Waals surface area (Å²) in [4.78, 5) is 12.6. The molecule has 0 fully saturated rings. The van der Waals surface area contributed by atoms with Gasteiger partial charge in [-0.1, -0.05) is 6.07 Å². The summed E-state index contributed by atoms with van der Waals surface area (Å²) in [5.41, 5.74) is 7.54. The van der Waals surface area contributed by atoms with Crippen LogP contribution in [-0.2, 0) is 0 Å². The van der Waals surface area contributed by atoms with Crippen LogP contribution in [0.25, 0.3) is 11.5 Å². The topological polar surface area (TPSA) is 64.7 Å². The standard InChI is InChI=1S/C10H9IN4/c1-6-3-2-4-13-8(6)10-14-5-7(11)9(12)15-10/h2-5H,1H3,(H2,12,14,15). The fourth-order valence-corrected chi connectivity index (χ4v) is 1.47. The number of aromatic nitrogens is 3. The van der Waals surface area contributed by atoms with Crippen LogP contribution in [0, 0.1) is 10.5 Å². The molecule has 0 aromatic carbocycles. The molecule has 0 saturated heterocycles. The second-order valence-corrected chi connectivity index (χ2v) is 4.26. The molecule has 0 saturated carbocycles. The molecule has 2 rings (SSSR count). The number of anilines is 1. The number of hydrogen-bond acceptors (Lipinski definition) is 4. The van der Waals surface area contributed by atoms with Gasteiger partial charge >= 0.3 is 0 Å². The first-order valence-corrected chi connectivity index (χ1v) is 5.46. The highest BCUT2D eigenvalue weighted by Crippen LogP contribution is 2.19. The van der Waals surface area contributed by atoms with E-state index in [4.69, 9.17) is 5.73 Å². The van der Waals surface area contributed by atoms with Crippen molar-refractivity contribution in [3.05, 3.63) is 33.7 Å². The molecule has 0 spiro atoms. The Labute approximate surface area is 101 Å². The molecule has 0 radical (unpaired) electrons. The van der Waals surface area contributed by atoms with Crippen LogP contribution < -0.4 is 5.73 Å². The molecule has 2 heterocycles. The quantitative estimate of drug-likeness (QED) is 0.818. The molecule has 2 N–H and O–H groups in total. The minimum absolute atomic E-state index is 0.491. The zero-order chi connectivity index (χ0) is 10.8. The van der Waals surface area contributed by atoms with Gasteiger partial charge in [-0.2, -0.15) is 0 Å². The maximum atomic E-state index is 5.72. The molecule has 0 aliphatic heterocycles. The molecule has 5 heteroatoms. The van der Waals surface area contributed by atoms with Crippen LogP contribution in [0.2, 0.25) is 0 Å². The highest BCUT2D eigenvalue weighted by atomic mass is 127. The molecular weight excluding hydrogens is 303 g/mol. The summed E-state index contributed by atoms with van der Waals surface area (Å²) < 4.78 is 0.852. The van der Waals surface area contributed by atoms with Gasteiger partial charge in [-0.25, -0.2) is 9.97 Å². The van der Waals surface area contributed by atoms with Gasteiger partial charge < -0.3 is 5.73 Å². The largest absolute Gasteiger partial charge is 0.383 e. The normalized spacial score (nSPS) is 10.3. The lowest BCUT2D eigenvalue weighted by Crippen LogP contribution is -2.00. The van der Waals surface area contributed by atoms with E-state index < -0.39 is 0 Å². The van der Waals surface area contributed by atoms with Gasteiger partial charge in [0.05, 0.1) is 3.57 Å². The summed E-state index contributed by atoms with van der Waals surface area (Å²) in [6.07, 6.45) is 3.42. The summed E-state index contributed by atoms with van der Waals surface area (Å²) in [5.74, 6) is 1.07. The number of hydrogen-bond donors (Lipinski definition) is 1. The van der Waals surface area contributed by atoms with Crippen molar-refractivity contribution in [3.63, 3.8) is 0 Å². The van der Waals surface area contributed by atoms with Crippen LogP contribution in [0.5, 0.6) is 0 Å². The smallest absolute Gasteiger partial charge is 0.180 e. The Bertz CT molecular complexity index is 499. The van der Waals surface area contributed by atoms with Crippen LogP contribution in [-0.4, -0.2) is 15.0 Å². The van der Waals surface area contributed by atoms with E-state index in [2.05, 4.69) is 37.5 Å². The number of nitrogens with zero attached hydrogens (tertiary/aromatic N) is 3. The van der Waals surface area contributed by atoms with Crippen LogP contribution in [0.15, 0.2) is 24.5 Å². The Balaban J connectivity index is 2.55. The van der Waals surface area contributed by atoms with E-state index in [0.29, 0.717) is 11.6 Å². The van der Waals surface area contributed by atoms with Crippen molar-refractivity contribution in [1.82, 2.24) is 15.0 Å². The van der Waals surface area contributed by atoms with Gasteiger partial charge in [-0.3, -0.25) is 4.98 Å². The third-order valence-electron chi connectivity index (χ3n) is 1.99. The van der Waals surface area contributed by atoms with Gasteiger partial charge in [0, 0.05) is 12.4 Å². The van der Waals surface area contributed by atoms with Crippen LogP contribution in [0.4, 0.5) is 5.82 Å². The Hall–Kier alpha value is -1.24. The summed E-state index contributed by atoms with van der Waals surface area (Å²) in [6.45, 7) is 1.97. The predicted molar refractivity (Wildman–Crippen MR) is 67.1 cm³/mol. The van der Waals surface area contributed by atoms with Gasteiger partial charge in [-0.05, 0) is 41.1 Å². The Kier molecular flexibility index (Phi) is 2.81. The molecule has 0 amide bonds. The zero-order valence-electron chi connectivity index (χ0n) is 8.11. The maximum absolute atomic E-state index is 5.72. The number of aryl methyl sites for hydroxylation is 1. The van der Waals surface area contributed by atoms with E-state index in [9.17, 15) is 0 Å². The lowest BCUT2D eigenvalue weighted by molar-refractivity contribution is 1.12. The highest BCUT2D eigenvalue weighted by Gasteiger charge is 2.07. The van der Waals surface area contributed by atoms with Gasteiger partial charge in [0.2, 0.25) is 0 Å². The zero-order valence-corrected chi connectivity index (χ0v) is 10.3. The van der Waals surface area contributed by atoms with Crippen molar-refractivity contribution in [2.75, 3.05) is 5.73 Å². The Morgan fingerprint density at radius 2 is 2.13 bits per heavy atom. The first-order valence-electron chi connectivity index (χ1n) is 4.38. The van der Waals surface area contributed by atoms with Crippen molar-refractivity contribution < 1.29 is 0 Å². The molecule has 15 heavy (non-hydrogen) atoms. The van der Waals surface area contributed by atoms with E-state index in [-0.39, 0.29) is 0 Å². The summed E-state index contributed by atoms with van der Waals surface area (Å²) in [7, 11) is 0. The van der Waals surface area contributed by atoms with E-state index in [1.54, 1.807) is 12.4 Å². The molecule has 2 aromatic heterocycles. The van der Waals surface area contributed by atoms with E-state index in [0.717, 1.165) is 14.8 Å². The van der Waals surface area contributed by atoms with Crippen LogP contribution in [0.3, 0.4) is 0 Å². The molecule has 0 atom stereocenters. The van der Waals surface area contributed by atoms with E-state index >= 15 is 0 Å². The monoisotopic (exact) mass is 312 g/mol. The molecule has 76 valence electrons. The van der Waals surface area contributed by atoms with Crippen molar-refractivity contribution in [3.8, 4) is 11.5 Å². The first kappa shape index (κ1) is 10.3. The van der Waals surface area contributed by atoms with Gasteiger partial charge in [0.1, 0.15) is 11.5 Å². The number of nitrogen functional groups attached to an aromatic ring is 1. The van der Waals surface area contributed by atoms with Crippen LogP contribution in [0.1, 0.15) is 5.56 Å². The minimum atomic E-state index is 0.491. The Morgan fingerprint density at radius 1 is 1.33 bits per heavy atom. The number of halogens is 1. The van der Waals surface area contributed by atoms with Crippen molar-refractivity contribution in [1.29, 1.82) is 0 Å². The number of pyridine rings is 1. The fourth-order valence-electron chi connectivity index (χ4n) is 1.21. The molecule has 0 bridgehead atoms. The molecule has 0 aliphatic carbocycles. The summed E-state index contributed by atoms with van der Waals surface area (Å²) >= 11 is 2.10. The minimum Gasteiger partial charge on any atom is -0.383 e. The third-order valence-corrected chi connectivity index (χ3v) is 2.82. The second-order valence-electron chi connectivity index (χ2n) is 3.10. The van der Waals surface area contributed by atoms with Gasteiger partial charge in [0.15, 0.2) is 5.82 Å². The molecule has 0 aliphatic rings. The molecule has 4 nitrogen and oxygen atoms in total. The molecule has 2 aromatic rings. The fraction of sp³-hybridized carbons (Fsp3) is 0.100. The molecule has 0 unspecified atom stereocenters. The first-order chi connectivity index (χ1) is 7.18. The molecular formula is C10H9IN4. The van der Waals surface area contributed by atoms with Crippen molar-refractivity contribution in [2.45, 2.75) is 6.92 Å². The van der Waals surface area contributed by atoms with Crippen LogP contribution >= 0.6 is 22.6 Å². The average molecular weight is 312 g/mol. The summed E-state index contributed by atoms with van der Waals surface area (Å²) in [5, 5.41) is 0. The van der Waals surface area contributed by atoms with Crippen molar-refractivity contribution in [2.24, 2.45) is 0 Å². The van der Waals surface area contributed by atoms with E-state index in [1.165, 1.54) is 0 Å². The predicted octanol–water partition coefficient (Wildman–Crippen LogP) is 2.03. The third kappa shape index (κ3) is 2.06. The lowest BCUT2D eigenvalue weighted by Gasteiger charge is -2.03. The second kappa shape index (κ2) is 4.09. The lowest BCUT2D eigenvalue weighted by atomic mass is 10.2. The highest BCUT2D eigenvalue weighted by molar-refractivity contribution is 14.1. The van der Waals surface area contributed by atoms with E-state index in [1.807, 2.05) is 19.1 Å². The summed E-state index contributed by atoms with van der Waals surface area (Å²) in [6, 6.07) is 3.86. The van der Waals surface area contributed by atoms with Crippen molar-refractivity contribution >= 4 is 28.4 Å². The SMILES string of the molecule is Cc1cccnc1-c1ncc(I)c(N)n1. The van der Waals surface area contributed by atoms with Gasteiger partial charge in [0.25, 0.3) is 0 Å². The van der Waals surface area contributed by atoms with Gasteiger partial charge in [-0.15, -0.1) is 0 Å². The average Bonchev–Trinajstić information content (AvgIpc) is 2.23. The Morgan fingerprint density at radius 3 is 2.80 bits per heavy atom. The maximum Gasteiger partial charge on any atom is 0.180 e.